The van der Waals surface area contributed by atoms with Gasteiger partial charge in [-0.3, -0.25) is 18.3 Å². The van der Waals surface area contributed by atoms with Gasteiger partial charge in [0.05, 0.1) is 19.3 Å². The molecule has 2 aromatic heterocycles. The van der Waals surface area contributed by atoms with Crippen molar-refractivity contribution in [1.82, 2.24) is 14.5 Å². The number of hydrogen-bond donors (Lipinski definition) is 3. The maximum atomic E-state index is 12.1. The number of hydrogen-bond acceptors (Lipinski definition) is 17. The van der Waals surface area contributed by atoms with Crippen LogP contribution in [0.15, 0.2) is 6.33 Å². The van der Waals surface area contributed by atoms with E-state index in [1.54, 1.807) is 0 Å². The van der Waals surface area contributed by atoms with Gasteiger partial charge in [-0.15, -0.1) is 0 Å². The Balaban J connectivity index is 1.70. The lowest BCUT2D eigenvalue weighted by Gasteiger charge is -2.36. The fourth-order valence-electron chi connectivity index (χ4n) is 3.31. The van der Waals surface area contributed by atoms with Crippen LogP contribution in [-0.4, -0.2) is 55.3 Å². The zero-order valence-corrected chi connectivity index (χ0v) is 22.3. The Morgan fingerprint density at radius 3 is 2.30 bits per heavy atom. The van der Waals surface area contributed by atoms with Crippen LogP contribution in [-0.2, 0) is 43.1 Å². The van der Waals surface area contributed by atoms with E-state index < -0.39 is 66.1 Å². The zero-order valence-electron chi connectivity index (χ0n) is 19.6. The van der Waals surface area contributed by atoms with Crippen LogP contribution in [0.1, 0.15) is 27.0 Å². The number of aliphatic hydroxyl groups is 2. The molecule has 1 saturated heterocycles. The van der Waals surface area contributed by atoms with Crippen molar-refractivity contribution in [3.63, 3.8) is 0 Å². The highest BCUT2D eigenvalue weighted by atomic mass is 31.3. The first-order valence-corrected chi connectivity index (χ1v) is 14.5. The van der Waals surface area contributed by atoms with Crippen LogP contribution >= 0.6 is 23.5 Å². The molecule has 19 nitrogen and oxygen atoms in total. The maximum Gasteiger partial charge on any atom is 0.309 e. The molecule has 3 rings (SSSR count). The second-order valence-corrected chi connectivity index (χ2v) is 13.2. The number of nitrogens with zero attached hydrogens (tertiary/aromatic N) is 4. The number of aliphatic hydroxyl groups excluding tert-OH is 2. The van der Waals surface area contributed by atoms with Crippen molar-refractivity contribution in [3.05, 3.63) is 6.33 Å². The summed E-state index contributed by atoms with van der Waals surface area (Å²) in [5.74, 6) is -1.12. The molecule has 3 heterocycles. The van der Waals surface area contributed by atoms with Crippen LogP contribution in [0, 0.1) is 0 Å². The van der Waals surface area contributed by atoms with Crippen LogP contribution in [0.3, 0.4) is 0 Å². The standard InChI is InChI=1S/C15H26N5O14P3/c1-15(2,3)32-36(26,27)34-37(28,29)33-35(24,25)30-5-7-9(21)10(22)13(31-7)20-6-19(4)8-11(20)17-14(16)18-12(8)23/h6-7,9-10,13,21-22H,5H2,1-4H3,(H5-,16,17,18,23,24,25,26,27,28,29)/p-3/t7-,9?,10+,13-/m1/s1. The molecule has 2 aromatic rings. The first-order chi connectivity index (χ1) is 16.7. The average Bonchev–Trinajstić information content (AvgIpc) is 3.13. The number of phosphoric ester groups is 2. The summed E-state index contributed by atoms with van der Waals surface area (Å²) in [7, 11) is -16.0. The van der Waals surface area contributed by atoms with E-state index in [1.165, 1.54) is 38.7 Å². The molecule has 0 aromatic carbocycles. The van der Waals surface area contributed by atoms with Crippen LogP contribution < -0.4 is 30.1 Å². The Bertz CT molecular complexity index is 1310. The Morgan fingerprint density at radius 1 is 1.11 bits per heavy atom. The molecule has 0 saturated carbocycles. The van der Waals surface area contributed by atoms with Gasteiger partial charge in [-0.25, -0.2) is 18.2 Å². The normalized spacial score (nSPS) is 27.6. The highest BCUT2D eigenvalue weighted by molar-refractivity contribution is 7.65. The number of imidazole rings is 1. The molecule has 7 atom stereocenters. The Labute approximate surface area is 208 Å². The van der Waals surface area contributed by atoms with Gasteiger partial charge in [-0.2, -0.15) is 0 Å². The number of aromatic nitrogens is 4. The zero-order chi connectivity index (χ0) is 28.1. The fourth-order valence-corrected chi connectivity index (χ4v) is 6.98. The molecule has 4 N–H and O–H groups in total. The maximum absolute atomic E-state index is 12.1. The van der Waals surface area contributed by atoms with Crippen LogP contribution in [0.25, 0.3) is 11.2 Å². The summed E-state index contributed by atoms with van der Waals surface area (Å²) in [5, 5.41) is 32.9. The summed E-state index contributed by atoms with van der Waals surface area (Å²) >= 11 is 0. The van der Waals surface area contributed by atoms with Gasteiger partial charge in [-0.05, 0) is 20.8 Å². The number of nitrogens with two attached hydrogens (primary N) is 1. The van der Waals surface area contributed by atoms with E-state index in [-0.39, 0.29) is 17.1 Å². The van der Waals surface area contributed by atoms with Gasteiger partial charge in [-0.1, -0.05) is 4.98 Å². The lowest BCUT2D eigenvalue weighted by atomic mass is 10.1. The van der Waals surface area contributed by atoms with Crippen molar-refractivity contribution >= 4 is 40.6 Å². The van der Waals surface area contributed by atoms with Gasteiger partial charge in [0.1, 0.15) is 18.3 Å². The van der Waals surface area contributed by atoms with Crippen LogP contribution in [0.2, 0.25) is 0 Å². The van der Waals surface area contributed by atoms with E-state index in [9.17, 15) is 43.7 Å². The topological polar surface area (TPSA) is 291 Å². The van der Waals surface area contributed by atoms with Crippen LogP contribution in [0.5, 0.6) is 5.88 Å². The number of rotatable bonds is 9. The molecule has 37 heavy (non-hydrogen) atoms. The predicted molar refractivity (Wildman–Crippen MR) is 110 cm³/mol. The lowest BCUT2D eigenvalue weighted by Crippen LogP contribution is -2.46. The molecule has 1 fully saturated rings. The monoisotopic (exact) mass is 590 g/mol. The summed E-state index contributed by atoms with van der Waals surface area (Å²) in [6.07, 6.45) is -5.23. The molecule has 210 valence electrons. The summed E-state index contributed by atoms with van der Waals surface area (Å²) in [6, 6.07) is 0. The van der Waals surface area contributed by atoms with Crippen molar-refractivity contribution in [1.29, 1.82) is 0 Å². The Kier molecular flexibility index (Phi) is 8.27. The second kappa shape index (κ2) is 10.2. The number of anilines is 1. The first kappa shape index (κ1) is 30.0. The van der Waals surface area contributed by atoms with E-state index in [0.29, 0.717) is 0 Å². The molecule has 0 spiro atoms. The van der Waals surface area contributed by atoms with Gasteiger partial charge in [0.2, 0.25) is 6.23 Å². The molecule has 22 heteroatoms. The summed E-state index contributed by atoms with van der Waals surface area (Å²) in [4.78, 5) is 42.9. The van der Waals surface area contributed by atoms with Gasteiger partial charge < -0.3 is 49.5 Å². The SMILES string of the molecule is Cn1c[n+]([C@@H]2O[C@H](COP(=O)([O-])OP(=O)([O-])OP(=O)([O-])OC(C)(C)C)C(O)[C@@H]2O)c2nc(N)nc([O-])c21. The summed E-state index contributed by atoms with van der Waals surface area (Å²) in [6.45, 7) is 2.68. The minimum Gasteiger partial charge on any atom is -0.856 e. The van der Waals surface area contributed by atoms with Gasteiger partial charge >= 0.3 is 5.65 Å². The molecule has 1 aliphatic rings. The smallest absolute Gasteiger partial charge is 0.309 e. The van der Waals surface area contributed by atoms with Crippen molar-refractivity contribution in [3.8, 4) is 5.88 Å². The minimum absolute atomic E-state index is 0.0195. The van der Waals surface area contributed by atoms with E-state index in [1.807, 2.05) is 0 Å². The Hall–Kier alpha value is -1.56. The minimum atomic E-state index is -6.07. The van der Waals surface area contributed by atoms with E-state index >= 15 is 0 Å². The second-order valence-electron chi connectivity index (χ2n) is 8.74. The first-order valence-electron chi connectivity index (χ1n) is 10.1. The molecule has 0 bridgehead atoms. The van der Waals surface area contributed by atoms with E-state index in [4.69, 9.17) is 10.5 Å². The van der Waals surface area contributed by atoms with Crippen molar-refractivity contribution < 1.29 is 70.7 Å². The highest BCUT2D eigenvalue weighted by Gasteiger charge is 2.47. The number of nitrogen functional groups attached to an aromatic ring is 1. The third kappa shape index (κ3) is 7.30. The number of ether oxygens (including phenoxy) is 1. The van der Waals surface area contributed by atoms with E-state index in [2.05, 4.69) is 27.6 Å². The van der Waals surface area contributed by atoms with Gasteiger partial charge in [0.15, 0.2) is 11.8 Å². The predicted octanol–water partition coefficient (Wildman–Crippen LogP) is -3.20. The summed E-state index contributed by atoms with van der Waals surface area (Å²) in [5.41, 5.74) is 4.01. The van der Waals surface area contributed by atoms with Crippen molar-refractivity contribution in [2.75, 3.05) is 12.3 Å². The van der Waals surface area contributed by atoms with Gasteiger partial charge in [0.25, 0.3) is 29.4 Å². The van der Waals surface area contributed by atoms with Crippen molar-refractivity contribution in [2.45, 2.75) is 50.9 Å². The number of aryl methyl sites for hydroxylation is 1. The molecule has 0 aliphatic carbocycles. The lowest BCUT2D eigenvalue weighted by molar-refractivity contribution is -0.745. The molecular formula is C15H23N5O14P3-3. The fraction of sp³-hybridized carbons (Fsp3) is 0.667. The third-order valence-electron chi connectivity index (χ3n) is 4.54. The molecule has 1 aliphatic heterocycles. The summed E-state index contributed by atoms with van der Waals surface area (Å²) < 4.78 is 59.6. The number of fused-ring (bicyclic) bond motifs is 1. The van der Waals surface area contributed by atoms with Crippen LogP contribution in [0.4, 0.5) is 5.95 Å². The molecule has 0 radical (unpaired) electrons. The van der Waals surface area contributed by atoms with E-state index in [0.717, 1.165) is 4.57 Å². The molecule has 0 amide bonds. The quantitative estimate of drug-likeness (QED) is 0.191. The third-order valence-corrected chi connectivity index (χ3v) is 8.98. The molecular weight excluding hydrogens is 567 g/mol. The largest absolute Gasteiger partial charge is 0.856 e. The van der Waals surface area contributed by atoms with Gasteiger partial charge in [0, 0.05) is 5.88 Å². The van der Waals surface area contributed by atoms with Crippen molar-refractivity contribution in [2.24, 2.45) is 7.05 Å². The Morgan fingerprint density at radius 2 is 1.70 bits per heavy atom. The molecule has 4 unspecified atom stereocenters. The number of phosphoric acid groups is 3. The highest BCUT2D eigenvalue weighted by Crippen LogP contribution is 2.63. The average molecular weight is 590 g/mol.